The van der Waals surface area contributed by atoms with Gasteiger partial charge in [-0.15, -0.1) is 0 Å². The van der Waals surface area contributed by atoms with Gasteiger partial charge >= 0.3 is 0 Å². The van der Waals surface area contributed by atoms with E-state index in [1.54, 1.807) is 29.2 Å². The number of carbonyl (C=O) groups is 2. The Kier molecular flexibility index (Phi) is 7.69. The van der Waals surface area contributed by atoms with Crippen LogP contribution in [0.25, 0.3) is 10.2 Å². The van der Waals surface area contributed by atoms with Crippen molar-refractivity contribution in [3.05, 3.63) is 53.6 Å². The summed E-state index contributed by atoms with van der Waals surface area (Å²) in [6.45, 7) is 8.87. The van der Waals surface area contributed by atoms with E-state index in [4.69, 9.17) is 14.5 Å². The molecule has 1 saturated heterocycles. The third-order valence-electron chi connectivity index (χ3n) is 5.63. The minimum atomic E-state index is -0.115. The molecule has 174 valence electrons. The van der Waals surface area contributed by atoms with Gasteiger partial charge in [-0.05, 0) is 50.6 Å². The van der Waals surface area contributed by atoms with Crippen LogP contribution >= 0.6 is 11.3 Å². The second-order valence-electron chi connectivity index (χ2n) is 7.96. The number of fused-ring (bicyclic) bond motifs is 1. The molecular formula is C25H29N3O4S. The fourth-order valence-electron chi connectivity index (χ4n) is 3.83. The van der Waals surface area contributed by atoms with Gasteiger partial charge in [0.05, 0.1) is 30.0 Å². The maximum Gasteiger partial charge on any atom is 0.260 e. The third kappa shape index (κ3) is 5.76. The summed E-state index contributed by atoms with van der Waals surface area (Å²) in [5.41, 5.74) is 1.98. The van der Waals surface area contributed by atoms with Crippen molar-refractivity contribution in [2.45, 2.75) is 20.3 Å². The zero-order chi connectivity index (χ0) is 23.2. The van der Waals surface area contributed by atoms with Gasteiger partial charge in [0.1, 0.15) is 5.75 Å². The SMILES string of the molecule is CCOc1ccc2nc(N(CCCN3CCOCC3)C(=O)c3ccc(C(C)=O)cc3)sc2c1. The van der Waals surface area contributed by atoms with Crippen LogP contribution in [0.1, 0.15) is 41.0 Å². The molecule has 0 aliphatic carbocycles. The van der Waals surface area contributed by atoms with Gasteiger partial charge in [-0.25, -0.2) is 4.98 Å². The van der Waals surface area contributed by atoms with Crippen molar-refractivity contribution in [1.29, 1.82) is 0 Å². The summed E-state index contributed by atoms with van der Waals surface area (Å²) < 4.78 is 12.0. The van der Waals surface area contributed by atoms with E-state index in [-0.39, 0.29) is 11.7 Å². The summed E-state index contributed by atoms with van der Waals surface area (Å²) in [6, 6.07) is 12.6. The molecule has 1 aliphatic heterocycles. The number of benzene rings is 2. The Morgan fingerprint density at radius 3 is 2.55 bits per heavy atom. The molecule has 0 bridgehead atoms. The van der Waals surface area contributed by atoms with E-state index < -0.39 is 0 Å². The Hall–Kier alpha value is -2.81. The van der Waals surface area contributed by atoms with Gasteiger partial charge in [-0.1, -0.05) is 23.5 Å². The van der Waals surface area contributed by atoms with Crippen LogP contribution in [0.3, 0.4) is 0 Å². The number of aromatic nitrogens is 1. The van der Waals surface area contributed by atoms with Crippen molar-refractivity contribution in [3.63, 3.8) is 0 Å². The number of Topliss-reactive ketones (excluding diaryl/α,β-unsaturated/α-hetero) is 1. The van der Waals surface area contributed by atoms with E-state index in [2.05, 4.69) is 4.90 Å². The van der Waals surface area contributed by atoms with Gasteiger partial charge in [0.15, 0.2) is 10.9 Å². The zero-order valence-corrected chi connectivity index (χ0v) is 19.9. The number of ether oxygens (including phenoxy) is 2. The molecule has 0 saturated carbocycles. The monoisotopic (exact) mass is 467 g/mol. The Morgan fingerprint density at radius 1 is 1.12 bits per heavy atom. The number of hydrogen-bond acceptors (Lipinski definition) is 7. The van der Waals surface area contributed by atoms with Gasteiger partial charge in [0.25, 0.3) is 5.91 Å². The molecule has 2 aromatic carbocycles. The van der Waals surface area contributed by atoms with E-state index in [9.17, 15) is 9.59 Å². The highest BCUT2D eigenvalue weighted by Crippen LogP contribution is 2.32. The maximum atomic E-state index is 13.5. The number of ketones is 1. The number of carbonyl (C=O) groups excluding carboxylic acids is 2. The molecule has 1 amide bonds. The number of rotatable bonds is 9. The van der Waals surface area contributed by atoms with Crippen molar-refractivity contribution in [3.8, 4) is 5.75 Å². The predicted molar refractivity (Wildman–Crippen MR) is 131 cm³/mol. The molecule has 0 atom stereocenters. The molecule has 4 rings (SSSR count). The van der Waals surface area contributed by atoms with Crippen molar-refractivity contribution in [2.24, 2.45) is 0 Å². The van der Waals surface area contributed by atoms with Crippen LogP contribution in [0, 0.1) is 0 Å². The lowest BCUT2D eigenvalue weighted by Crippen LogP contribution is -2.39. The third-order valence-corrected chi connectivity index (χ3v) is 6.67. The fourth-order valence-corrected chi connectivity index (χ4v) is 4.85. The first-order valence-electron chi connectivity index (χ1n) is 11.3. The molecule has 0 unspecified atom stereocenters. The molecule has 0 spiro atoms. The summed E-state index contributed by atoms with van der Waals surface area (Å²) in [7, 11) is 0. The number of thiazole rings is 1. The van der Waals surface area contributed by atoms with Crippen molar-refractivity contribution in [1.82, 2.24) is 9.88 Å². The lowest BCUT2D eigenvalue weighted by atomic mass is 10.1. The molecule has 1 fully saturated rings. The Bertz CT molecular complexity index is 1110. The number of morpholine rings is 1. The van der Waals surface area contributed by atoms with Crippen LogP contribution in [0.2, 0.25) is 0 Å². The number of nitrogens with zero attached hydrogens (tertiary/aromatic N) is 3. The molecule has 2 heterocycles. The van der Waals surface area contributed by atoms with Crippen LogP contribution in [0.5, 0.6) is 5.75 Å². The first kappa shape index (κ1) is 23.4. The second kappa shape index (κ2) is 10.9. The standard InChI is InChI=1S/C25H29N3O4S/c1-3-32-21-9-10-22-23(17-21)33-25(26-22)28(12-4-11-27-13-15-31-16-14-27)24(30)20-7-5-19(6-8-20)18(2)29/h5-10,17H,3-4,11-16H2,1-2H3. The average Bonchev–Trinajstić information content (AvgIpc) is 3.25. The van der Waals surface area contributed by atoms with Crippen molar-refractivity contribution < 1.29 is 19.1 Å². The highest BCUT2D eigenvalue weighted by molar-refractivity contribution is 7.22. The number of hydrogen-bond donors (Lipinski definition) is 0. The Balaban J connectivity index is 1.57. The van der Waals surface area contributed by atoms with Gasteiger partial charge in [0, 0.05) is 37.3 Å². The summed E-state index contributed by atoms with van der Waals surface area (Å²) >= 11 is 1.49. The molecule has 1 aromatic heterocycles. The molecule has 33 heavy (non-hydrogen) atoms. The molecule has 0 N–H and O–H groups in total. The van der Waals surface area contributed by atoms with Crippen molar-refractivity contribution >= 4 is 38.4 Å². The number of amides is 1. The van der Waals surface area contributed by atoms with Crippen molar-refractivity contribution in [2.75, 3.05) is 50.9 Å². The summed E-state index contributed by atoms with van der Waals surface area (Å²) in [4.78, 5) is 34.0. The average molecular weight is 468 g/mol. The summed E-state index contributed by atoms with van der Waals surface area (Å²) in [5.74, 6) is 0.661. The first-order valence-corrected chi connectivity index (χ1v) is 12.1. The van der Waals surface area contributed by atoms with E-state index in [0.29, 0.717) is 29.4 Å². The molecule has 7 nitrogen and oxygen atoms in total. The van der Waals surface area contributed by atoms with E-state index in [1.165, 1.54) is 18.3 Å². The second-order valence-corrected chi connectivity index (χ2v) is 8.97. The Labute approximate surface area is 197 Å². The van der Waals surface area contributed by atoms with E-state index in [1.807, 2.05) is 25.1 Å². The van der Waals surface area contributed by atoms with Gasteiger partial charge in [-0.3, -0.25) is 19.4 Å². The minimum absolute atomic E-state index is 0.0207. The zero-order valence-electron chi connectivity index (χ0n) is 19.1. The summed E-state index contributed by atoms with van der Waals surface area (Å²) in [5, 5.41) is 0.668. The van der Waals surface area contributed by atoms with E-state index in [0.717, 1.165) is 55.2 Å². The molecule has 1 aliphatic rings. The Morgan fingerprint density at radius 2 is 1.85 bits per heavy atom. The predicted octanol–water partition coefficient (Wildman–Crippen LogP) is 4.27. The highest BCUT2D eigenvalue weighted by atomic mass is 32.1. The highest BCUT2D eigenvalue weighted by Gasteiger charge is 2.22. The first-order chi connectivity index (χ1) is 16.0. The summed E-state index contributed by atoms with van der Waals surface area (Å²) in [6.07, 6.45) is 0.831. The number of anilines is 1. The normalized spacial score (nSPS) is 14.4. The van der Waals surface area contributed by atoms with Gasteiger partial charge < -0.3 is 9.47 Å². The van der Waals surface area contributed by atoms with Gasteiger partial charge in [0.2, 0.25) is 0 Å². The maximum absolute atomic E-state index is 13.5. The van der Waals surface area contributed by atoms with Crippen LogP contribution in [-0.2, 0) is 4.74 Å². The van der Waals surface area contributed by atoms with Crippen LogP contribution < -0.4 is 9.64 Å². The topological polar surface area (TPSA) is 72.0 Å². The smallest absolute Gasteiger partial charge is 0.260 e. The van der Waals surface area contributed by atoms with Crippen LogP contribution in [-0.4, -0.2) is 67.6 Å². The lowest BCUT2D eigenvalue weighted by Gasteiger charge is -2.27. The van der Waals surface area contributed by atoms with E-state index >= 15 is 0 Å². The quantitative estimate of drug-likeness (QED) is 0.438. The molecule has 8 heteroatoms. The van der Waals surface area contributed by atoms with Gasteiger partial charge in [-0.2, -0.15) is 0 Å². The van der Waals surface area contributed by atoms with Crippen LogP contribution in [0.4, 0.5) is 5.13 Å². The molecule has 0 radical (unpaired) electrons. The lowest BCUT2D eigenvalue weighted by molar-refractivity contribution is 0.0376. The molecule has 3 aromatic rings. The fraction of sp³-hybridized carbons (Fsp3) is 0.400. The minimum Gasteiger partial charge on any atom is -0.494 e. The molecular weight excluding hydrogens is 438 g/mol. The van der Waals surface area contributed by atoms with Crippen LogP contribution in [0.15, 0.2) is 42.5 Å². The largest absolute Gasteiger partial charge is 0.494 e.